The van der Waals surface area contributed by atoms with Gasteiger partial charge in [-0.3, -0.25) is 19.3 Å². The molecule has 0 atom stereocenters. The summed E-state index contributed by atoms with van der Waals surface area (Å²) in [6, 6.07) is 8.20. The Kier molecular flexibility index (Phi) is 4.96. The van der Waals surface area contributed by atoms with Crippen molar-refractivity contribution >= 4 is 41.0 Å². The standard InChI is InChI=1S/C19H15ClN2O5/c1-2-7-22-17(24)12-5-3-10(8-14(12)18(22)25)16(23)21-15-9-11(20)4-6-13(15)19(26)27/h3-6,8-9H,2,7H2,1H3,(H,21,23)(H,26,27). The average Bonchev–Trinajstić information content (AvgIpc) is 2.86. The SMILES string of the molecule is CCCN1C(=O)c2ccc(C(=O)Nc3cc(Cl)ccc3C(=O)O)cc2C1=O. The fourth-order valence-electron chi connectivity index (χ4n) is 2.86. The van der Waals surface area contributed by atoms with E-state index in [0.29, 0.717) is 13.0 Å². The molecular weight excluding hydrogens is 372 g/mol. The van der Waals surface area contributed by atoms with Gasteiger partial charge in [0.2, 0.25) is 0 Å². The van der Waals surface area contributed by atoms with E-state index in [-0.39, 0.29) is 38.9 Å². The highest BCUT2D eigenvalue weighted by molar-refractivity contribution is 6.31. The minimum atomic E-state index is -1.22. The molecule has 8 heteroatoms. The second-order valence-corrected chi connectivity index (χ2v) is 6.41. The van der Waals surface area contributed by atoms with E-state index in [9.17, 15) is 24.3 Å². The maximum Gasteiger partial charge on any atom is 0.337 e. The molecule has 3 amide bonds. The molecule has 2 N–H and O–H groups in total. The molecule has 0 aromatic heterocycles. The highest BCUT2D eigenvalue weighted by Gasteiger charge is 2.35. The van der Waals surface area contributed by atoms with Crippen LogP contribution in [-0.2, 0) is 0 Å². The van der Waals surface area contributed by atoms with Crippen molar-refractivity contribution in [3.05, 3.63) is 63.7 Å². The van der Waals surface area contributed by atoms with Crippen LogP contribution >= 0.6 is 11.6 Å². The Labute approximate surface area is 159 Å². The molecule has 7 nitrogen and oxygen atoms in total. The van der Waals surface area contributed by atoms with Gasteiger partial charge in [-0.25, -0.2) is 4.79 Å². The summed E-state index contributed by atoms with van der Waals surface area (Å²) in [5.74, 6) is -2.66. The van der Waals surface area contributed by atoms with Gasteiger partial charge in [0, 0.05) is 17.1 Å². The minimum Gasteiger partial charge on any atom is -0.478 e. The van der Waals surface area contributed by atoms with E-state index >= 15 is 0 Å². The van der Waals surface area contributed by atoms with Gasteiger partial charge in [-0.1, -0.05) is 18.5 Å². The summed E-state index contributed by atoms with van der Waals surface area (Å²) in [7, 11) is 0. The van der Waals surface area contributed by atoms with Crippen molar-refractivity contribution in [2.45, 2.75) is 13.3 Å². The van der Waals surface area contributed by atoms with Gasteiger partial charge in [0.25, 0.3) is 17.7 Å². The lowest BCUT2D eigenvalue weighted by Crippen LogP contribution is -2.30. The van der Waals surface area contributed by atoms with E-state index < -0.39 is 17.8 Å². The first kappa shape index (κ1) is 18.6. The van der Waals surface area contributed by atoms with Crippen LogP contribution in [0.4, 0.5) is 5.69 Å². The van der Waals surface area contributed by atoms with E-state index in [0.717, 1.165) is 4.90 Å². The van der Waals surface area contributed by atoms with Gasteiger partial charge in [-0.15, -0.1) is 0 Å². The van der Waals surface area contributed by atoms with Crippen LogP contribution in [0, 0.1) is 0 Å². The third-order valence-electron chi connectivity index (χ3n) is 4.14. The Balaban J connectivity index is 1.91. The van der Waals surface area contributed by atoms with Gasteiger partial charge in [-0.05, 0) is 42.8 Å². The zero-order valence-corrected chi connectivity index (χ0v) is 15.0. The monoisotopic (exact) mass is 386 g/mol. The molecule has 0 radical (unpaired) electrons. The highest BCUT2D eigenvalue weighted by Crippen LogP contribution is 2.26. The van der Waals surface area contributed by atoms with Crippen LogP contribution in [0.25, 0.3) is 0 Å². The van der Waals surface area contributed by atoms with Gasteiger partial charge in [0.05, 0.1) is 22.4 Å². The predicted molar refractivity (Wildman–Crippen MR) is 98.5 cm³/mol. The maximum atomic E-state index is 12.5. The third kappa shape index (κ3) is 3.41. The lowest BCUT2D eigenvalue weighted by Gasteiger charge is -2.11. The molecule has 0 aliphatic carbocycles. The van der Waals surface area contributed by atoms with E-state index in [2.05, 4.69) is 5.32 Å². The number of nitrogens with one attached hydrogen (secondary N) is 1. The number of rotatable bonds is 5. The number of halogens is 1. The van der Waals surface area contributed by atoms with Gasteiger partial charge in [-0.2, -0.15) is 0 Å². The molecule has 1 aliphatic heterocycles. The van der Waals surface area contributed by atoms with Crippen LogP contribution in [-0.4, -0.2) is 40.2 Å². The number of carbonyl (C=O) groups excluding carboxylic acids is 3. The average molecular weight is 387 g/mol. The number of aromatic carboxylic acids is 1. The van der Waals surface area contributed by atoms with Crippen LogP contribution < -0.4 is 5.32 Å². The smallest absolute Gasteiger partial charge is 0.337 e. The first-order chi connectivity index (χ1) is 12.8. The lowest BCUT2D eigenvalue weighted by atomic mass is 10.0. The van der Waals surface area contributed by atoms with Gasteiger partial charge in [0.15, 0.2) is 0 Å². The molecule has 2 aromatic carbocycles. The Morgan fingerprint density at radius 3 is 2.44 bits per heavy atom. The summed E-state index contributed by atoms with van der Waals surface area (Å²) in [6.45, 7) is 2.16. The molecule has 0 saturated carbocycles. The molecule has 0 bridgehead atoms. The van der Waals surface area contributed by atoms with Crippen LogP contribution in [0.15, 0.2) is 36.4 Å². The van der Waals surface area contributed by atoms with Crippen molar-refractivity contribution in [3.8, 4) is 0 Å². The maximum absolute atomic E-state index is 12.5. The molecule has 0 unspecified atom stereocenters. The van der Waals surface area contributed by atoms with Gasteiger partial charge >= 0.3 is 5.97 Å². The number of fused-ring (bicyclic) bond motifs is 1. The van der Waals surface area contributed by atoms with E-state index in [4.69, 9.17) is 11.6 Å². The van der Waals surface area contributed by atoms with Crippen molar-refractivity contribution in [2.24, 2.45) is 0 Å². The van der Waals surface area contributed by atoms with Crippen molar-refractivity contribution in [1.29, 1.82) is 0 Å². The molecule has 0 saturated heterocycles. The molecule has 0 fully saturated rings. The number of imide groups is 1. The number of anilines is 1. The summed E-state index contributed by atoms with van der Waals surface area (Å²) in [4.78, 5) is 49.6. The quantitative estimate of drug-likeness (QED) is 0.767. The molecular formula is C19H15ClN2O5. The Morgan fingerprint density at radius 1 is 1.07 bits per heavy atom. The zero-order chi connectivity index (χ0) is 19.7. The number of nitrogens with zero attached hydrogens (tertiary/aromatic N) is 1. The number of carbonyl (C=O) groups is 4. The number of carboxylic acid groups (broad SMARTS) is 1. The first-order valence-corrected chi connectivity index (χ1v) is 8.55. The summed E-state index contributed by atoms with van der Waals surface area (Å²) < 4.78 is 0. The molecule has 0 spiro atoms. The summed E-state index contributed by atoms with van der Waals surface area (Å²) >= 11 is 5.88. The molecule has 1 aliphatic rings. The second-order valence-electron chi connectivity index (χ2n) is 5.97. The molecule has 2 aromatic rings. The van der Waals surface area contributed by atoms with E-state index in [1.807, 2.05) is 6.92 Å². The first-order valence-electron chi connectivity index (χ1n) is 8.18. The molecule has 138 valence electrons. The fourth-order valence-corrected chi connectivity index (χ4v) is 3.03. The van der Waals surface area contributed by atoms with E-state index in [1.165, 1.54) is 36.4 Å². The highest BCUT2D eigenvalue weighted by atomic mass is 35.5. The second kappa shape index (κ2) is 7.20. The minimum absolute atomic E-state index is 0.0375. The lowest BCUT2D eigenvalue weighted by molar-refractivity contribution is 0.0650. The van der Waals surface area contributed by atoms with Crippen LogP contribution in [0.5, 0.6) is 0 Å². The Hall–Kier alpha value is -3.19. The number of benzene rings is 2. The number of hydrogen-bond acceptors (Lipinski definition) is 4. The summed E-state index contributed by atoms with van der Waals surface area (Å²) in [5, 5.41) is 12.0. The van der Waals surface area contributed by atoms with Crippen molar-refractivity contribution in [3.63, 3.8) is 0 Å². The van der Waals surface area contributed by atoms with Gasteiger partial charge in [0.1, 0.15) is 0 Å². The molecule has 1 heterocycles. The summed E-state index contributed by atoms with van der Waals surface area (Å²) in [6.07, 6.45) is 0.630. The topological polar surface area (TPSA) is 104 Å². The molecule has 3 rings (SSSR count). The Morgan fingerprint density at radius 2 is 1.78 bits per heavy atom. The van der Waals surface area contributed by atoms with Crippen molar-refractivity contribution in [1.82, 2.24) is 4.90 Å². The number of hydrogen-bond donors (Lipinski definition) is 2. The number of amides is 3. The van der Waals surface area contributed by atoms with Crippen molar-refractivity contribution in [2.75, 3.05) is 11.9 Å². The third-order valence-corrected chi connectivity index (χ3v) is 4.38. The largest absolute Gasteiger partial charge is 0.478 e. The van der Waals surface area contributed by atoms with Crippen LogP contribution in [0.3, 0.4) is 0 Å². The Bertz CT molecular complexity index is 986. The molecule has 27 heavy (non-hydrogen) atoms. The fraction of sp³-hybridized carbons (Fsp3) is 0.158. The van der Waals surface area contributed by atoms with E-state index in [1.54, 1.807) is 0 Å². The summed E-state index contributed by atoms with van der Waals surface area (Å²) in [5.41, 5.74) is 0.457. The predicted octanol–water partition coefficient (Wildman–Crippen LogP) is 3.30. The van der Waals surface area contributed by atoms with Crippen LogP contribution in [0.2, 0.25) is 5.02 Å². The van der Waals surface area contributed by atoms with Crippen LogP contribution in [0.1, 0.15) is 54.8 Å². The number of carboxylic acids is 1. The van der Waals surface area contributed by atoms with Gasteiger partial charge < -0.3 is 10.4 Å². The normalized spacial score (nSPS) is 12.9. The van der Waals surface area contributed by atoms with Crippen molar-refractivity contribution < 1.29 is 24.3 Å². The zero-order valence-electron chi connectivity index (χ0n) is 14.3.